The van der Waals surface area contributed by atoms with Crippen molar-refractivity contribution >= 4 is 11.6 Å². The highest BCUT2D eigenvalue weighted by molar-refractivity contribution is 6.31. The molecule has 2 rings (SSSR count). The monoisotopic (exact) mass is 313 g/mol. The van der Waals surface area contributed by atoms with Gasteiger partial charge in [0, 0.05) is 16.6 Å². The van der Waals surface area contributed by atoms with Gasteiger partial charge >= 0.3 is 0 Å². The maximum atomic E-state index is 13.2. The Morgan fingerprint density at radius 1 is 1.33 bits per heavy atom. The van der Waals surface area contributed by atoms with Crippen LogP contribution in [-0.2, 0) is 6.42 Å². The number of nitrogens with zero attached hydrogens (tertiary/aromatic N) is 1. The second-order valence-electron chi connectivity index (χ2n) is 6.22. The zero-order valence-electron chi connectivity index (χ0n) is 12.8. The van der Waals surface area contributed by atoms with E-state index in [1.165, 1.54) is 31.4 Å². The van der Waals surface area contributed by atoms with Gasteiger partial charge in [0.2, 0.25) is 0 Å². The second-order valence-corrected chi connectivity index (χ2v) is 6.62. The van der Waals surface area contributed by atoms with Crippen LogP contribution < -0.4 is 11.3 Å². The van der Waals surface area contributed by atoms with E-state index in [0.29, 0.717) is 11.4 Å². The first-order valence-electron chi connectivity index (χ1n) is 7.57. The van der Waals surface area contributed by atoms with Crippen molar-refractivity contribution < 1.29 is 4.39 Å². The Morgan fingerprint density at radius 3 is 2.52 bits per heavy atom. The third kappa shape index (κ3) is 3.57. The third-order valence-corrected chi connectivity index (χ3v) is 5.25. The van der Waals surface area contributed by atoms with Crippen LogP contribution in [0.5, 0.6) is 0 Å². The van der Waals surface area contributed by atoms with Gasteiger partial charge in [-0.15, -0.1) is 0 Å². The summed E-state index contributed by atoms with van der Waals surface area (Å²) >= 11 is 6.17. The summed E-state index contributed by atoms with van der Waals surface area (Å²) in [6.07, 6.45) is 6.65. The molecule has 3 nitrogen and oxygen atoms in total. The Kier molecular flexibility index (Phi) is 5.60. The molecule has 1 aliphatic rings. The van der Waals surface area contributed by atoms with Crippen LogP contribution in [0.4, 0.5) is 4.39 Å². The van der Waals surface area contributed by atoms with Crippen molar-refractivity contribution in [2.45, 2.75) is 50.1 Å². The van der Waals surface area contributed by atoms with Gasteiger partial charge in [0.25, 0.3) is 0 Å². The average molecular weight is 314 g/mol. The summed E-state index contributed by atoms with van der Waals surface area (Å²) in [5.41, 5.74) is 3.96. The van der Waals surface area contributed by atoms with Gasteiger partial charge in [0.05, 0.1) is 0 Å². The zero-order chi connectivity index (χ0) is 15.5. The molecule has 1 aliphatic carbocycles. The van der Waals surface area contributed by atoms with Gasteiger partial charge in [-0.05, 0) is 51.1 Å². The van der Waals surface area contributed by atoms with E-state index in [1.807, 2.05) is 0 Å². The first-order valence-corrected chi connectivity index (χ1v) is 7.95. The number of hydrazine groups is 1. The van der Waals surface area contributed by atoms with Gasteiger partial charge in [0.1, 0.15) is 5.82 Å². The first-order chi connectivity index (χ1) is 9.99. The van der Waals surface area contributed by atoms with Gasteiger partial charge < -0.3 is 4.90 Å². The standard InChI is InChI=1S/C16H25ClFN3/c1-21(2)16(8-4-3-5-9-16)15(20-19)10-12-6-7-13(18)11-14(12)17/h6-7,11,15,20H,3-5,8-10,19H2,1-2H3. The smallest absolute Gasteiger partial charge is 0.124 e. The topological polar surface area (TPSA) is 41.3 Å². The number of benzene rings is 1. The second kappa shape index (κ2) is 7.05. The minimum absolute atomic E-state index is 0.0325. The molecule has 5 heteroatoms. The highest BCUT2D eigenvalue weighted by atomic mass is 35.5. The highest BCUT2D eigenvalue weighted by Gasteiger charge is 2.41. The average Bonchev–Trinajstić information content (AvgIpc) is 2.47. The molecule has 1 saturated carbocycles. The molecule has 21 heavy (non-hydrogen) atoms. The minimum Gasteiger partial charge on any atom is -0.302 e. The summed E-state index contributed by atoms with van der Waals surface area (Å²) in [7, 11) is 4.23. The van der Waals surface area contributed by atoms with E-state index in [1.54, 1.807) is 6.07 Å². The van der Waals surface area contributed by atoms with Crippen molar-refractivity contribution in [1.82, 2.24) is 10.3 Å². The van der Waals surface area contributed by atoms with E-state index >= 15 is 0 Å². The van der Waals surface area contributed by atoms with Crippen molar-refractivity contribution in [1.29, 1.82) is 0 Å². The van der Waals surface area contributed by atoms with E-state index in [-0.39, 0.29) is 17.4 Å². The van der Waals surface area contributed by atoms with Gasteiger partial charge in [-0.1, -0.05) is 36.9 Å². The van der Waals surface area contributed by atoms with Crippen molar-refractivity contribution in [3.05, 3.63) is 34.6 Å². The fourth-order valence-corrected chi connectivity index (χ4v) is 3.83. The fourth-order valence-electron chi connectivity index (χ4n) is 3.58. The Morgan fingerprint density at radius 2 is 2.00 bits per heavy atom. The lowest BCUT2D eigenvalue weighted by Gasteiger charge is -2.48. The Bertz CT molecular complexity index is 473. The lowest BCUT2D eigenvalue weighted by molar-refractivity contribution is 0.0569. The summed E-state index contributed by atoms with van der Waals surface area (Å²) < 4.78 is 13.2. The van der Waals surface area contributed by atoms with E-state index in [0.717, 1.165) is 18.4 Å². The van der Waals surface area contributed by atoms with E-state index in [2.05, 4.69) is 24.4 Å². The van der Waals surface area contributed by atoms with Crippen molar-refractivity contribution in [2.75, 3.05) is 14.1 Å². The van der Waals surface area contributed by atoms with Crippen LogP contribution in [0.3, 0.4) is 0 Å². The molecule has 0 aliphatic heterocycles. The molecule has 0 spiro atoms. The van der Waals surface area contributed by atoms with Crippen LogP contribution >= 0.6 is 11.6 Å². The number of hydrogen-bond donors (Lipinski definition) is 2. The number of hydrogen-bond acceptors (Lipinski definition) is 3. The van der Waals surface area contributed by atoms with E-state index in [9.17, 15) is 4.39 Å². The van der Waals surface area contributed by atoms with Crippen LogP contribution in [0.25, 0.3) is 0 Å². The molecule has 0 aromatic heterocycles. The minimum atomic E-state index is -0.305. The van der Waals surface area contributed by atoms with E-state index in [4.69, 9.17) is 17.4 Å². The molecule has 0 amide bonds. The molecule has 0 saturated heterocycles. The maximum absolute atomic E-state index is 13.2. The molecule has 1 fully saturated rings. The number of nitrogens with two attached hydrogens (primary N) is 1. The lowest BCUT2D eigenvalue weighted by Crippen LogP contribution is -2.62. The van der Waals surface area contributed by atoms with Gasteiger partial charge in [0.15, 0.2) is 0 Å². The van der Waals surface area contributed by atoms with Crippen LogP contribution in [0.1, 0.15) is 37.7 Å². The summed E-state index contributed by atoms with van der Waals surface area (Å²) in [5.74, 6) is 5.56. The molecular weight excluding hydrogens is 289 g/mol. The molecule has 0 bridgehead atoms. The molecular formula is C16H25ClFN3. The normalized spacial score (nSPS) is 19.7. The molecule has 1 atom stereocenters. The maximum Gasteiger partial charge on any atom is 0.124 e. The Balaban J connectivity index is 2.24. The SMILES string of the molecule is CN(C)C1(C(Cc2ccc(F)cc2Cl)NN)CCCCC1. The van der Waals surface area contributed by atoms with Gasteiger partial charge in [-0.2, -0.15) is 0 Å². The van der Waals surface area contributed by atoms with Crippen molar-refractivity contribution in [2.24, 2.45) is 5.84 Å². The molecule has 0 heterocycles. The van der Waals surface area contributed by atoms with Crippen LogP contribution in [0.15, 0.2) is 18.2 Å². The summed E-state index contributed by atoms with van der Waals surface area (Å²) in [5, 5.41) is 0.472. The molecule has 3 N–H and O–H groups in total. The van der Waals surface area contributed by atoms with Crippen LogP contribution in [-0.4, -0.2) is 30.6 Å². The Labute approximate surface area is 131 Å². The third-order valence-electron chi connectivity index (χ3n) is 4.90. The molecule has 1 unspecified atom stereocenters. The number of nitrogens with one attached hydrogen (secondary N) is 1. The van der Waals surface area contributed by atoms with Gasteiger partial charge in [-0.25, -0.2) is 4.39 Å². The number of rotatable bonds is 5. The fraction of sp³-hybridized carbons (Fsp3) is 0.625. The summed E-state index contributed by atoms with van der Waals surface area (Å²) in [4.78, 5) is 2.29. The number of halogens is 2. The first kappa shape index (κ1) is 16.7. The highest BCUT2D eigenvalue weighted by Crippen LogP contribution is 2.36. The lowest BCUT2D eigenvalue weighted by atomic mass is 9.73. The zero-order valence-corrected chi connectivity index (χ0v) is 13.6. The quantitative estimate of drug-likeness (QED) is 0.648. The molecule has 118 valence electrons. The van der Waals surface area contributed by atoms with Crippen molar-refractivity contribution in [3.63, 3.8) is 0 Å². The van der Waals surface area contributed by atoms with Gasteiger partial charge in [-0.3, -0.25) is 11.3 Å². The number of likely N-dealkylation sites (N-methyl/N-ethyl adjacent to an activating group) is 1. The predicted molar refractivity (Wildman–Crippen MR) is 85.7 cm³/mol. The summed E-state index contributed by atoms with van der Waals surface area (Å²) in [6, 6.07) is 4.68. The van der Waals surface area contributed by atoms with E-state index < -0.39 is 0 Å². The van der Waals surface area contributed by atoms with Crippen molar-refractivity contribution in [3.8, 4) is 0 Å². The molecule has 1 aromatic carbocycles. The summed E-state index contributed by atoms with van der Waals surface area (Å²) in [6.45, 7) is 0. The largest absolute Gasteiger partial charge is 0.302 e. The Hall–Kier alpha value is -0.680. The molecule has 0 radical (unpaired) electrons. The van der Waals surface area contributed by atoms with Crippen LogP contribution in [0.2, 0.25) is 5.02 Å². The predicted octanol–water partition coefficient (Wildman–Crippen LogP) is 3.12. The van der Waals surface area contributed by atoms with Crippen LogP contribution in [0, 0.1) is 5.82 Å². The molecule has 1 aromatic rings.